The lowest BCUT2D eigenvalue weighted by atomic mass is 10.1. The van der Waals surface area contributed by atoms with E-state index in [1.165, 1.54) is 5.56 Å². The van der Waals surface area contributed by atoms with E-state index in [4.69, 9.17) is 4.74 Å². The van der Waals surface area contributed by atoms with E-state index >= 15 is 0 Å². The maximum atomic E-state index is 12.1. The number of nitrogens with zero attached hydrogens (tertiary/aromatic N) is 1. The first-order valence-corrected chi connectivity index (χ1v) is 7.41. The number of likely N-dealkylation sites (tertiary alicyclic amines) is 1. The molecule has 18 heavy (non-hydrogen) atoms. The minimum absolute atomic E-state index is 0.166. The first-order valence-electron chi connectivity index (χ1n) is 6.46. The van der Waals surface area contributed by atoms with Gasteiger partial charge in [0.25, 0.3) is 0 Å². The van der Waals surface area contributed by atoms with Gasteiger partial charge in [0.1, 0.15) is 5.60 Å². The second-order valence-corrected chi connectivity index (χ2v) is 6.59. The van der Waals surface area contributed by atoms with Crippen molar-refractivity contribution in [3.05, 3.63) is 22.4 Å². The number of thiophene rings is 1. The summed E-state index contributed by atoms with van der Waals surface area (Å²) >= 11 is 1.71. The second-order valence-electron chi connectivity index (χ2n) is 5.81. The minimum Gasteiger partial charge on any atom is -0.444 e. The summed E-state index contributed by atoms with van der Waals surface area (Å²) in [7, 11) is 0. The highest BCUT2D eigenvalue weighted by Crippen LogP contribution is 2.24. The van der Waals surface area contributed by atoms with Gasteiger partial charge in [-0.15, -0.1) is 0 Å². The van der Waals surface area contributed by atoms with Gasteiger partial charge in [-0.25, -0.2) is 4.79 Å². The molecule has 1 aliphatic heterocycles. The average Bonchev–Trinajstić information content (AvgIpc) is 2.86. The van der Waals surface area contributed by atoms with Crippen molar-refractivity contribution in [1.29, 1.82) is 0 Å². The van der Waals surface area contributed by atoms with Crippen LogP contribution in [-0.4, -0.2) is 29.2 Å². The Hall–Kier alpha value is -1.03. The molecular weight excluding hydrogens is 246 g/mol. The highest BCUT2D eigenvalue weighted by molar-refractivity contribution is 7.07. The number of rotatable bonds is 2. The standard InChI is InChI=1S/C14H21NO2S/c1-14(2,3)17-13(16)15-7-4-5-12(15)9-11-6-8-18-10-11/h6,8,10,12H,4-5,7,9H2,1-3H3/t12-/m0/s1. The average molecular weight is 267 g/mol. The largest absolute Gasteiger partial charge is 0.444 e. The summed E-state index contributed by atoms with van der Waals surface area (Å²) < 4.78 is 5.46. The number of carbonyl (C=O) groups is 1. The van der Waals surface area contributed by atoms with Crippen LogP contribution in [-0.2, 0) is 11.2 Å². The van der Waals surface area contributed by atoms with Crippen LogP contribution in [0.15, 0.2) is 16.8 Å². The molecule has 0 N–H and O–H groups in total. The van der Waals surface area contributed by atoms with Crippen molar-refractivity contribution in [2.75, 3.05) is 6.54 Å². The summed E-state index contributed by atoms with van der Waals surface area (Å²) in [5.41, 5.74) is 0.910. The molecule has 1 fully saturated rings. The van der Waals surface area contributed by atoms with Crippen LogP contribution >= 0.6 is 11.3 Å². The van der Waals surface area contributed by atoms with Gasteiger partial charge in [0.2, 0.25) is 0 Å². The van der Waals surface area contributed by atoms with Crippen molar-refractivity contribution in [2.45, 2.75) is 51.7 Å². The third-order valence-electron chi connectivity index (χ3n) is 3.06. The smallest absolute Gasteiger partial charge is 0.410 e. The maximum absolute atomic E-state index is 12.1. The SMILES string of the molecule is CC(C)(C)OC(=O)N1CCC[C@H]1Cc1ccsc1. The Labute approximate surface area is 113 Å². The molecule has 2 rings (SSSR count). The Morgan fingerprint density at radius 1 is 1.56 bits per heavy atom. The molecule has 1 aromatic heterocycles. The topological polar surface area (TPSA) is 29.5 Å². The van der Waals surface area contributed by atoms with Gasteiger partial charge in [0, 0.05) is 12.6 Å². The van der Waals surface area contributed by atoms with Crippen molar-refractivity contribution >= 4 is 17.4 Å². The van der Waals surface area contributed by atoms with Crippen molar-refractivity contribution in [3.63, 3.8) is 0 Å². The van der Waals surface area contributed by atoms with Gasteiger partial charge in [-0.2, -0.15) is 11.3 Å². The van der Waals surface area contributed by atoms with E-state index in [9.17, 15) is 4.79 Å². The molecule has 0 radical (unpaired) electrons. The van der Waals surface area contributed by atoms with E-state index in [-0.39, 0.29) is 6.09 Å². The quantitative estimate of drug-likeness (QED) is 0.818. The molecule has 3 nitrogen and oxygen atoms in total. The van der Waals surface area contributed by atoms with Gasteiger partial charge in [0.05, 0.1) is 0 Å². The zero-order valence-electron chi connectivity index (χ0n) is 11.3. The second kappa shape index (κ2) is 5.31. The van der Waals surface area contributed by atoms with Crippen molar-refractivity contribution in [1.82, 2.24) is 4.90 Å². The molecule has 1 saturated heterocycles. The van der Waals surface area contributed by atoms with Crippen LogP contribution in [0.1, 0.15) is 39.2 Å². The predicted octanol–water partition coefficient (Wildman–Crippen LogP) is 3.69. The van der Waals surface area contributed by atoms with Crippen LogP contribution in [0.25, 0.3) is 0 Å². The number of carbonyl (C=O) groups excluding carboxylic acids is 1. The van der Waals surface area contributed by atoms with Gasteiger partial charge in [-0.05, 0) is 62.4 Å². The molecular formula is C14H21NO2S. The van der Waals surface area contributed by atoms with Gasteiger partial charge < -0.3 is 9.64 Å². The van der Waals surface area contributed by atoms with Crippen LogP contribution in [0.4, 0.5) is 4.79 Å². The molecule has 0 bridgehead atoms. The molecule has 1 aromatic rings. The Morgan fingerprint density at radius 2 is 2.33 bits per heavy atom. The van der Waals surface area contributed by atoms with E-state index in [2.05, 4.69) is 16.8 Å². The molecule has 0 aromatic carbocycles. The highest BCUT2D eigenvalue weighted by Gasteiger charge is 2.32. The lowest BCUT2D eigenvalue weighted by molar-refractivity contribution is 0.0227. The number of hydrogen-bond donors (Lipinski definition) is 0. The zero-order chi connectivity index (χ0) is 13.2. The van der Waals surface area contributed by atoms with Crippen LogP contribution in [0.3, 0.4) is 0 Å². The van der Waals surface area contributed by atoms with Crippen molar-refractivity contribution in [2.24, 2.45) is 0 Å². The van der Waals surface area contributed by atoms with Gasteiger partial charge in [-0.3, -0.25) is 0 Å². The Balaban J connectivity index is 1.97. The molecule has 0 spiro atoms. The normalized spacial score (nSPS) is 20.2. The van der Waals surface area contributed by atoms with E-state index in [1.807, 2.05) is 25.7 Å². The summed E-state index contributed by atoms with van der Waals surface area (Å²) in [6.45, 7) is 6.56. The Morgan fingerprint density at radius 3 is 2.94 bits per heavy atom. The number of hydrogen-bond acceptors (Lipinski definition) is 3. The van der Waals surface area contributed by atoms with Crippen LogP contribution in [0.2, 0.25) is 0 Å². The van der Waals surface area contributed by atoms with Gasteiger partial charge >= 0.3 is 6.09 Å². The number of ether oxygens (including phenoxy) is 1. The van der Waals surface area contributed by atoms with E-state index in [1.54, 1.807) is 11.3 Å². The molecule has 1 amide bonds. The summed E-state index contributed by atoms with van der Waals surface area (Å²) in [6, 6.07) is 2.44. The molecule has 0 aliphatic carbocycles. The highest BCUT2D eigenvalue weighted by atomic mass is 32.1. The van der Waals surface area contributed by atoms with E-state index in [0.29, 0.717) is 6.04 Å². The lowest BCUT2D eigenvalue weighted by Gasteiger charge is -2.28. The minimum atomic E-state index is -0.410. The fourth-order valence-corrected chi connectivity index (χ4v) is 2.97. The predicted molar refractivity (Wildman–Crippen MR) is 74.0 cm³/mol. The fraction of sp³-hybridized carbons (Fsp3) is 0.643. The van der Waals surface area contributed by atoms with Gasteiger partial charge in [-0.1, -0.05) is 0 Å². The summed E-state index contributed by atoms with van der Waals surface area (Å²) in [5, 5.41) is 4.24. The summed E-state index contributed by atoms with van der Waals surface area (Å²) in [5.74, 6) is 0. The van der Waals surface area contributed by atoms with Crippen LogP contribution in [0.5, 0.6) is 0 Å². The first kappa shape index (κ1) is 13.4. The Bertz CT molecular complexity index is 394. The monoisotopic (exact) mass is 267 g/mol. The summed E-state index contributed by atoms with van der Waals surface area (Å²) in [4.78, 5) is 14.0. The molecule has 100 valence electrons. The van der Waals surface area contributed by atoms with E-state index in [0.717, 1.165) is 25.8 Å². The van der Waals surface area contributed by atoms with Crippen molar-refractivity contribution in [3.8, 4) is 0 Å². The van der Waals surface area contributed by atoms with Crippen molar-refractivity contribution < 1.29 is 9.53 Å². The fourth-order valence-electron chi connectivity index (χ4n) is 2.29. The molecule has 1 aliphatic rings. The molecule has 4 heteroatoms. The molecule has 2 heterocycles. The molecule has 0 unspecified atom stereocenters. The summed E-state index contributed by atoms with van der Waals surface area (Å²) in [6.07, 6.45) is 2.94. The first-order chi connectivity index (χ1) is 8.46. The zero-order valence-corrected chi connectivity index (χ0v) is 12.1. The van der Waals surface area contributed by atoms with Crippen LogP contribution < -0.4 is 0 Å². The molecule has 0 saturated carbocycles. The van der Waals surface area contributed by atoms with E-state index < -0.39 is 5.60 Å². The third kappa shape index (κ3) is 3.48. The Kier molecular flexibility index (Phi) is 3.95. The number of amides is 1. The lowest BCUT2D eigenvalue weighted by Crippen LogP contribution is -2.40. The molecule has 1 atom stereocenters. The van der Waals surface area contributed by atoms with Gasteiger partial charge in [0.15, 0.2) is 0 Å². The maximum Gasteiger partial charge on any atom is 0.410 e. The third-order valence-corrected chi connectivity index (χ3v) is 3.79. The van der Waals surface area contributed by atoms with Crippen LogP contribution in [0, 0.1) is 0 Å².